The lowest BCUT2D eigenvalue weighted by Gasteiger charge is -2.37. The van der Waals surface area contributed by atoms with E-state index in [1.807, 2.05) is 0 Å². The van der Waals surface area contributed by atoms with Crippen molar-refractivity contribution in [2.24, 2.45) is 0 Å². The van der Waals surface area contributed by atoms with Gasteiger partial charge in [-0.15, -0.1) is 12.4 Å². The molecule has 1 aromatic carbocycles. The van der Waals surface area contributed by atoms with Gasteiger partial charge in [0.2, 0.25) is 0 Å². The number of aryl methyl sites for hydroxylation is 1. The molecule has 136 valence electrons. The second-order valence-corrected chi connectivity index (χ2v) is 6.45. The summed E-state index contributed by atoms with van der Waals surface area (Å²) in [5.41, 5.74) is 2.80. The van der Waals surface area contributed by atoms with Gasteiger partial charge in [-0.3, -0.25) is 9.69 Å². The van der Waals surface area contributed by atoms with E-state index in [9.17, 15) is 4.79 Å². The van der Waals surface area contributed by atoms with Crippen LogP contribution in [0.3, 0.4) is 0 Å². The molecule has 0 unspecified atom stereocenters. The molecule has 0 bridgehead atoms. The molecule has 0 spiro atoms. The lowest BCUT2D eigenvalue weighted by atomic mass is 10.0. The SMILES string of the molecule is CCc1ccc(CCN2CCC(N(CC)CC(=O)O)CC2)cc1.Cl. The minimum atomic E-state index is -0.718. The third-order valence-corrected chi connectivity index (χ3v) is 4.97. The molecule has 4 nitrogen and oxygen atoms in total. The number of nitrogens with zero attached hydrogens (tertiary/aromatic N) is 2. The minimum absolute atomic E-state index is 0. The molecule has 2 rings (SSSR count). The highest BCUT2D eigenvalue weighted by molar-refractivity contribution is 5.85. The number of carbonyl (C=O) groups is 1. The van der Waals surface area contributed by atoms with Crippen molar-refractivity contribution in [3.63, 3.8) is 0 Å². The van der Waals surface area contributed by atoms with Crippen LogP contribution < -0.4 is 0 Å². The van der Waals surface area contributed by atoms with Gasteiger partial charge in [0.05, 0.1) is 6.54 Å². The predicted octanol–water partition coefficient (Wildman–Crippen LogP) is 3.08. The molecule has 0 atom stereocenters. The molecule has 1 aliphatic rings. The van der Waals surface area contributed by atoms with Crippen LogP contribution in [0.4, 0.5) is 0 Å². The van der Waals surface area contributed by atoms with E-state index in [1.165, 1.54) is 11.1 Å². The fraction of sp³-hybridized carbons (Fsp3) is 0.632. The fourth-order valence-electron chi connectivity index (χ4n) is 3.41. The molecule has 0 amide bonds. The van der Waals surface area contributed by atoms with Crippen LogP contribution in [0.15, 0.2) is 24.3 Å². The second-order valence-electron chi connectivity index (χ2n) is 6.45. The number of aliphatic carboxylic acids is 1. The lowest BCUT2D eigenvalue weighted by Crippen LogP contribution is -2.46. The van der Waals surface area contributed by atoms with Crippen molar-refractivity contribution in [3.8, 4) is 0 Å². The van der Waals surface area contributed by atoms with E-state index >= 15 is 0 Å². The Kier molecular flexibility index (Phi) is 9.34. The molecule has 1 fully saturated rings. The van der Waals surface area contributed by atoms with Gasteiger partial charge >= 0.3 is 5.97 Å². The summed E-state index contributed by atoms with van der Waals surface area (Å²) in [4.78, 5) is 15.5. The first kappa shape index (κ1) is 20.9. The van der Waals surface area contributed by atoms with Gasteiger partial charge in [0.15, 0.2) is 0 Å². The Morgan fingerprint density at radius 2 is 1.75 bits per heavy atom. The smallest absolute Gasteiger partial charge is 0.317 e. The molecule has 1 N–H and O–H groups in total. The number of halogens is 1. The van der Waals surface area contributed by atoms with Crippen molar-refractivity contribution in [1.82, 2.24) is 9.80 Å². The van der Waals surface area contributed by atoms with Crippen LogP contribution in [0.25, 0.3) is 0 Å². The first-order valence-corrected chi connectivity index (χ1v) is 8.88. The lowest BCUT2D eigenvalue weighted by molar-refractivity contribution is -0.139. The summed E-state index contributed by atoms with van der Waals surface area (Å²) in [6.07, 6.45) is 4.35. The molecule has 1 saturated heterocycles. The quantitative estimate of drug-likeness (QED) is 0.779. The summed E-state index contributed by atoms with van der Waals surface area (Å²) < 4.78 is 0. The number of likely N-dealkylation sites (N-methyl/N-ethyl adjacent to an activating group) is 1. The van der Waals surface area contributed by atoms with Crippen LogP contribution in [0.2, 0.25) is 0 Å². The Morgan fingerprint density at radius 3 is 2.25 bits per heavy atom. The largest absolute Gasteiger partial charge is 0.480 e. The highest BCUT2D eigenvalue weighted by atomic mass is 35.5. The second kappa shape index (κ2) is 10.7. The molecule has 1 aliphatic heterocycles. The molecule has 24 heavy (non-hydrogen) atoms. The number of rotatable bonds is 8. The Morgan fingerprint density at radius 1 is 1.17 bits per heavy atom. The zero-order chi connectivity index (χ0) is 16.7. The summed E-state index contributed by atoms with van der Waals surface area (Å²) in [5, 5.41) is 8.99. The standard InChI is InChI=1S/C19H30N2O2.ClH/c1-3-16-5-7-17(8-6-16)9-12-20-13-10-18(11-14-20)21(4-2)15-19(22)23;/h5-8,18H,3-4,9-15H2,1-2H3,(H,22,23);1H. The van der Waals surface area contributed by atoms with Crippen molar-refractivity contribution in [2.45, 2.75) is 45.6 Å². The van der Waals surface area contributed by atoms with E-state index in [0.717, 1.165) is 51.9 Å². The van der Waals surface area contributed by atoms with Crippen molar-refractivity contribution in [1.29, 1.82) is 0 Å². The average molecular weight is 355 g/mol. The van der Waals surface area contributed by atoms with Gasteiger partial charge < -0.3 is 10.0 Å². The number of carboxylic acids is 1. The number of carboxylic acid groups (broad SMARTS) is 1. The first-order valence-electron chi connectivity index (χ1n) is 8.88. The fourth-order valence-corrected chi connectivity index (χ4v) is 3.41. The van der Waals surface area contributed by atoms with Crippen LogP contribution >= 0.6 is 12.4 Å². The van der Waals surface area contributed by atoms with Crippen LogP contribution in [0.1, 0.15) is 37.8 Å². The number of piperidine rings is 1. The van der Waals surface area contributed by atoms with Gasteiger partial charge in [-0.2, -0.15) is 0 Å². The van der Waals surface area contributed by atoms with Gasteiger partial charge in [-0.1, -0.05) is 38.1 Å². The maximum absolute atomic E-state index is 10.9. The van der Waals surface area contributed by atoms with Crippen LogP contribution in [-0.4, -0.2) is 59.6 Å². The minimum Gasteiger partial charge on any atom is -0.480 e. The summed E-state index contributed by atoms with van der Waals surface area (Å²) in [6.45, 7) is 8.48. The Balaban J connectivity index is 0.00000288. The number of hydrogen-bond acceptors (Lipinski definition) is 3. The van der Waals surface area contributed by atoms with Crippen molar-refractivity contribution < 1.29 is 9.90 Å². The third kappa shape index (κ3) is 6.42. The predicted molar refractivity (Wildman–Crippen MR) is 101 cm³/mol. The molecule has 0 radical (unpaired) electrons. The third-order valence-electron chi connectivity index (χ3n) is 4.97. The highest BCUT2D eigenvalue weighted by Crippen LogP contribution is 2.17. The number of hydrogen-bond donors (Lipinski definition) is 1. The van der Waals surface area contributed by atoms with Crippen molar-refractivity contribution in [2.75, 3.05) is 32.7 Å². The van der Waals surface area contributed by atoms with E-state index in [2.05, 4.69) is 47.9 Å². The molecule has 0 aliphatic carbocycles. The summed E-state index contributed by atoms with van der Waals surface area (Å²) >= 11 is 0. The zero-order valence-electron chi connectivity index (χ0n) is 14.9. The van der Waals surface area contributed by atoms with Crippen molar-refractivity contribution >= 4 is 18.4 Å². The number of benzene rings is 1. The van der Waals surface area contributed by atoms with E-state index in [-0.39, 0.29) is 19.0 Å². The topological polar surface area (TPSA) is 43.8 Å². The average Bonchev–Trinajstić information content (AvgIpc) is 2.58. The maximum atomic E-state index is 10.9. The summed E-state index contributed by atoms with van der Waals surface area (Å²) in [7, 11) is 0. The van der Waals surface area contributed by atoms with E-state index in [1.54, 1.807) is 0 Å². The van der Waals surface area contributed by atoms with Gasteiger partial charge in [-0.05, 0) is 56.4 Å². The van der Waals surface area contributed by atoms with E-state index in [4.69, 9.17) is 5.11 Å². The maximum Gasteiger partial charge on any atom is 0.317 e. The zero-order valence-corrected chi connectivity index (χ0v) is 15.7. The van der Waals surface area contributed by atoms with Crippen LogP contribution in [-0.2, 0) is 17.6 Å². The summed E-state index contributed by atoms with van der Waals surface area (Å²) in [6, 6.07) is 9.38. The number of likely N-dealkylation sites (tertiary alicyclic amines) is 1. The molecule has 0 saturated carbocycles. The molecule has 1 aromatic rings. The Bertz CT molecular complexity index is 485. The molecule has 0 aromatic heterocycles. The van der Waals surface area contributed by atoms with Crippen LogP contribution in [0, 0.1) is 0 Å². The molecular weight excluding hydrogens is 324 g/mol. The van der Waals surface area contributed by atoms with Gasteiger partial charge in [-0.25, -0.2) is 0 Å². The first-order chi connectivity index (χ1) is 11.1. The molecule has 1 heterocycles. The van der Waals surface area contributed by atoms with E-state index in [0.29, 0.717) is 6.04 Å². The Hall–Kier alpha value is -1.10. The monoisotopic (exact) mass is 354 g/mol. The normalized spacial score (nSPS) is 16.1. The van der Waals surface area contributed by atoms with E-state index < -0.39 is 5.97 Å². The Labute approximate surface area is 152 Å². The van der Waals surface area contributed by atoms with Crippen LogP contribution in [0.5, 0.6) is 0 Å². The van der Waals surface area contributed by atoms with Gasteiger partial charge in [0.1, 0.15) is 0 Å². The highest BCUT2D eigenvalue weighted by Gasteiger charge is 2.24. The molecular formula is C19H31ClN2O2. The van der Waals surface area contributed by atoms with Gasteiger partial charge in [0.25, 0.3) is 0 Å². The molecule has 5 heteroatoms. The summed E-state index contributed by atoms with van der Waals surface area (Å²) in [5.74, 6) is -0.718. The van der Waals surface area contributed by atoms with Gasteiger partial charge in [0, 0.05) is 12.6 Å². The van der Waals surface area contributed by atoms with Crippen molar-refractivity contribution in [3.05, 3.63) is 35.4 Å².